The standard InChI is InChI=1S/C19H14FN3O6/c1-9(15(24)22-19(21)28)29-18(27)10-2-7-13-14(8-10)17(26)23(16(13)25)12-5-3-11(20)4-6-12/h2-9H,1H3,(H3,21,22,24,28)/t9-/m0/s1. The van der Waals surface area contributed by atoms with E-state index in [1.807, 2.05) is 0 Å². The van der Waals surface area contributed by atoms with Gasteiger partial charge in [0, 0.05) is 0 Å². The molecule has 5 amide bonds. The van der Waals surface area contributed by atoms with Gasteiger partial charge < -0.3 is 10.5 Å². The third-order valence-corrected chi connectivity index (χ3v) is 4.11. The average Bonchev–Trinajstić information content (AvgIpc) is 2.92. The molecule has 0 fully saturated rings. The van der Waals surface area contributed by atoms with Gasteiger partial charge in [-0.05, 0) is 49.4 Å². The molecule has 1 aliphatic heterocycles. The number of nitrogens with zero attached hydrogens (tertiary/aromatic N) is 1. The van der Waals surface area contributed by atoms with Crippen LogP contribution in [0, 0.1) is 5.82 Å². The molecule has 0 aromatic heterocycles. The molecule has 0 saturated heterocycles. The Balaban J connectivity index is 1.82. The molecule has 9 nitrogen and oxygen atoms in total. The maximum atomic E-state index is 13.1. The molecule has 2 aromatic rings. The van der Waals surface area contributed by atoms with Crippen LogP contribution in [0.2, 0.25) is 0 Å². The van der Waals surface area contributed by atoms with Crippen molar-refractivity contribution in [3.05, 3.63) is 65.0 Å². The van der Waals surface area contributed by atoms with Crippen LogP contribution in [-0.4, -0.2) is 35.8 Å². The highest BCUT2D eigenvalue weighted by atomic mass is 19.1. The molecule has 3 rings (SSSR count). The molecular weight excluding hydrogens is 385 g/mol. The summed E-state index contributed by atoms with van der Waals surface area (Å²) in [5.74, 6) is -3.69. The highest BCUT2D eigenvalue weighted by Crippen LogP contribution is 2.29. The minimum absolute atomic E-state index is 0.0389. The SMILES string of the molecule is C[C@H](OC(=O)c1ccc2c(c1)C(=O)N(c1ccc(F)cc1)C2=O)C(=O)NC(N)=O. The van der Waals surface area contributed by atoms with Crippen LogP contribution in [0.4, 0.5) is 14.9 Å². The summed E-state index contributed by atoms with van der Waals surface area (Å²) in [6.07, 6.45) is -1.32. The van der Waals surface area contributed by atoms with Gasteiger partial charge in [-0.3, -0.25) is 19.7 Å². The topological polar surface area (TPSA) is 136 Å². The number of carbonyl (C=O) groups excluding carboxylic acids is 5. The summed E-state index contributed by atoms with van der Waals surface area (Å²) in [6, 6.07) is 7.40. The van der Waals surface area contributed by atoms with Crippen LogP contribution in [0.5, 0.6) is 0 Å². The number of primary amides is 1. The second-order valence-electron chi connectivity index (χ2n) is 6.08. The van der Waals surface area contributed by atoms with E-state index in [4.69, 9.17) is 10.5 Å². The van der Waals surface area contributed by atoms with Gasteiger partial charge in [-0.2, -0.15) is 0 Å². The fourth-order valence-electron chi connectivity index (χ4n) is 2.70. The zero-order valence-electron chi connectivity index (χ0n) is 15.0. The number of carbonyl (C=O) groups is 5. The minimum Gasteiger partial charge on any atom is -0.449 e. The van der Waals surface area contributed by atoms with Crippen molar-refractivity contribution in [1.82, 2.24) is 5.32 Å². The Bertz CT molecular complexity index is 1050. The van der Waals surface area contributed by atoms with Gasteiger partial charge in [0.05, 0.1) is 22.4 Å². The number of hydrogen-bond donors (Lipinski definition) is 2. The van der Waals surface area contributed by atoms with Crippen LogP contribution in [-0.2, 0) is 9.53 Å². The highest BCUT2D eigenvalue weighted by molar-refractivity contribution is 6.34. The molecule has 0 aliphatic carbocycles. The molecular formula is C19H14FN3O6. The number of nitrogens with two attached hydrogens (primary N) is 1. The first-order valence-corrected chi connectivity index (χ1v) is 8.28. The van der Waals surface area contributed by atoms with Crippen LogP contribution in [0.1, 0.15) is 38.0 Å². The fourth-order valence-corrected chi connectivity index (χ4v) is 2.70. The summed E-state index contributed by atoms with van der Waals surface area (Å²) < 4.78 is 18.0. The van der Waals surface area contributed by atoms with Gasteiger partial charge in [-0.15, -0.1) is 0 Å². The lowest BCUT2D eigenvalue weighted by molar-refractivity contribution is -0.127. The van der Waals surface area contributed by atoms with E-state index in [1.54, 1.807) is 5.32 Å². The Hall–Kier alpha value is -4.08. The van der Waals surface area contributed by atoms with Crippen molar-refractivity contribution >= 4 is 35.4 Å². The van der Waals surface area contributed by atoms with Gasteiger partial charge in [0.15, 0.2) is 6.10 Å². The van der Waals surface area contributed by atoms with E-state index in [9.17, 15) is 28.4 Å². The number of amides is 5. The molecule has 148 valence electrons. The smallest absolute Gasteiger partial charge is 0.338 e. The lowest BCUT2D eigenvalue weighted by atomic mass is 10.1. The van der Waals surface area contributed by atoms with Crippen molar-refractivity contribution in [3.63, 3.8) is 0 Å². The molecule has 0 bridgehead atoms. The van der Waals surface area contributed by atoms with Crippen molar-refractivity contribution in [2.75, 3.05) is 4.90 Å². The number of rotatable bonds is 4. The number of nitrogens with one attached hydrogen (secondary N) is 1. The second-order valence-corrected chi connectivity index (χ2v) is 6.08. The molecule has 0 saturated carbocycles. The van der Waals surface area contributed by atoms with Gasteiger partial charge in [0.1, 0.15) is 5.82 Å². The van der Waals surface area contributed by atoms with Crippen molar-refractivity contribution in [2.45, 2.75) is 13.0 Å². The van der Waals surface area contributed by atoms with Crippen LogP contribution in [0.15, 0.2) is 42.5 Å². The third-order valence-electron chi connectivity index (χ3n) is 4.11. The van der Waals surface area contributed by atoms with E-state index in [1.165, 1.54) is 37.3 Å². The molecule has 0 radical (unpaired) electrons. The van der Waals surface area contributed by atoms with Gasteiger partial charge in [-0.1, -0.05) is 0 Å². The number of anilines is 1. The molecule has 3 N–H and O–H groups in total. The minimum atomic E-state index is -1.32. The van der Waals surface area contributed by atoms with Crippen LogP contribution < -0.4 is 16.0 Å². The Morgan fingerprint density at radius 1 is 1.03 bits per heavy atom. The Morgan fingerprint density at radius 3 is 2.28 bits per heavy atom. The Kier molecular flexibility index (Phi) is 5.09. The molecule has 10 heteroatoms. The Labute approximate surface area is 163 Å². The van der Waals surface area contributed by atoms with E-state index in [0.29, 0.717) is 0 Å². The number of benzene rings is 2. The molecule has 1 aliphatic rings. The Morgan fingerprint density at radius 2 is 1.66 bits per heavy atom. The predicted octanol–water partition coefficient (Wildman–Crippen LogP) is 1.37. The van der Waals surface area contributed by atoms with Crippen molar-refractivity contribution in [3.8, 4) is 0 Å². The molecule has 2 aromatic carbocycles. The van der Waals surface area contributed by atoms with E-state index in [-0.39, 0.29) is 22.4 Å². The average molecular weight is 399 g/mol. The third kappa shape index (κ3) is 3.81. The first-order chi connectivity index (χ1) is 13.7. The van der Waals surface area contributed by atoms with E-state index in [0.717, 1.165) is 17.0 Å². The van der Waals surface area contributed by atoms with E-state index < -0.39 is 41.6 Å². The number of ether oxygens (including phenoxy) is 1. The predicted molar refractivity (Wildman–Crippen MR) is 96.6 cm³/mol. The van der Waals surface area contributed by atoms with Gasteiger partial charge >= 0.3 is 12.0 Å². The maximum Gasteiger partial charge on any atom is 0.338 e. The number of fused-ring (bicyclic) bond motifs is 1. The number of imide groups is 2. The van der Waals surface area contributed by atoms with Crippen molar-refractivity contribution < 1.29 is 33.1 Å². The van der Waals surface area contributed by atoms with Crippen LogP contribution in [0.3, 0.4) is 0 Å². The van der Waals surface area contributed by atoms with Crippen LogP contribution in [0.25, 0.3) is 0 Å². The van der Waals surface area contributed by atoms with Crippen molar-refractivity contribution in [2.24, 2.45) is 5.73 Å². The quantitative estimate of drug-likeness (QED) is 0.589. The first kappa shape index (κ1) is 19.7. The summed E-state index contributed by atoms with van der Waals surface area (Å²) in [6.45, 7) is 1.23. The molecule has 0 unspecified atom stereocenters. The zero-order chi connectivity index (χ0) is 21.3. The summed E-state index contributed by atoms with van der Waals surface area (Å²) in [7, 11) is 0. The lowest BCUT2D eigenvalue weighted by Crippen LogP contribution is -2.42. The largest absolute Gasteiger partial charge is 0.449 e. The number of halogens is 1. The fraction of sp³-hybridized carbons (Fsp3) is 0.105. The van der Waals surface area contributed by atoms with Crippen molar-refractivity contribution in [1.29, 1.82) is 0 Å². The maximum absolute atomic E-state index is 13.1. The first-order valence-electron chi connectivity index (χ1n) is 8.28. The summed E-state index contributed by atoms with van der Waals surface area (Å²) in [5, 5.41) is 1.77. The summed E-state index contributed by atoms with van der Waals surface area (Å²) in [4.78, 5) is 60.6. The van der Waals surface area contributed by atoms with Gasteiger partial charge in [0.25, 0.3) is 17.7 Å². The number of urea groups is 1. The summed E-state index contributed by atoms with van der Waals surface area (Å²) >= 11 is 0. The molecule has 1 heterocycles. The molecule has 1 atom stereocenters. The number of hydrogen-bond acceptors (Lipinski definition) is 6. The van der Waals surface area contributed by atoms with E-state index >= 15 is 0 Å². The van der Waals surface area contributed by atoms with Gasteiger partial charge in [0.2, 0.25) is 0 Å². The summed E-state index contributed by atoms with van der Waals surface area (Å²) in [5.41, 5.74) is 4.95. The molecule has 29 heavy (non-hydrogen) atoms. The highest BCUT2D eigenvalue weighted by Gasteiger charge is 2.37. The second kappa shape index (κ2) is 7.50. The lowest BCUT2D eigenvalue weighted by Gasteiger charge is -2.13. The zero-order valence-corrected chi connectivity index (χ0v) is 15.0. The van der Waals surface area contributed by atoms with Gasteiger partial charge in [-0.25, -0.2) is 18.9 Å². The van der Waals surface area contributed by atoms with E-state index in [2.05, 4.69) is 0 Å². The number of esters is 1. The van der Waals surface area contributed by atoms with Crippen LogP contribution >= 0.6 is 0 Å². The normalized spacial score (nSPS) is 13.7. The molecule has 0 spiro atoms. The monoisotopic (exact) mass is 399 g/mol.